The first-order valence-corrected chi connectivity index (χ1v) is 7.83. The lowest BCUT2D eigenvalue weighted by Gasteiger charge is -2.15. The zero-order valence-corrected chi connectivity index (χ0v) is 13.7. The second kappa shape index (κ2) is 6.91. The number of halogens is 1. The number of carbonyl (C=O) groups is 1. The Labute approximate surface area is 133 Å². The van der Waals surface area contributed by atoms with E-state index in [1.165, 1.54) is 0 Å². The van der Waals surface area contributed by atoms with E-state index in [9.17, 15) is 4.79 Å². The van der Waals surface area contributed by atoms with Crippen molar-refractivity contribution in [2.45, 2.75) is 33.4 Å². The van der Waals surface area contributed by atoms with E-state index >= 15 is 0 Å². The van der Waals surface area contributed by atoms with Crippen molar-refractivity contribution in [1.29, 1.82) is 0 Å². The van der Waals surface area contributed by atoms with Crippen molar-refractivity contribution in [3.05, 3.63) is 44.9 Å². The SMILES string of the molecule is Cc1nc(CNC(=O)C(C)Oc2ccc(Cl)c(C)c2)cs1. The topological polar surface area (TPSA) is 51.2 Å². The van der Waals surface area contributed by atoms with Crippen molar-refractivity contribution in [3.63, 3.8) is 0 Å². The van der Waals surface area contributed by atoms with Gasteiger partial charge in [0, 0.05) is 10.4 Å². The van der Waals surface area contributed by atoms with Gasteiger partial charge in [0.2, 0.25) is 0 Å². The first-order chi connectivity index (χ1) is 9.95. The minimum atomic E-state index is -0.578. The van der Waals surface area contributed by atoms with Crippen LogP contribution < -0.4 is 10.1 Å². The second-order valence-electron chi connectivity index (χ2n) is 4.75. The summed E-state index contributed by atoms with van der Waals surface area (Å²) < 4.78 is 5.62. The summed E-state index contributed by atoms with van der Waals surface area (Å²) in [6.45, 7) is 5.96. The smallest absolute Gasteiger partial charge is 0.261 e. The molecule has 0 fully saturated rings. The van der Waals surface area contributed by atoms with Gasteiger partial charge < -0.3 is 10.1 Å². The molecule has 0 saturated carbocycles. The molecular formula is C15H17ClN2O2S. The molecule has 2 rings (SSSR count). The summed E-state index contributed by atoms with van der Waals surface area (Å²) in [4.78, 5) is 16.3. The average Bonchev–Trinajstić information content (AvgIpc) is 2.86. The number of rotatable bonds is 5. The maximum absolute atomic E-state index is 12.0. The largest absolute Gasteiger partial charge is 0.481 e. The molecule has 21 heavy (non-hydrogen) atoms. The van der Waals surface area contributed by atoms with Crippen LogP contribution in [0.5, 0.6) is 5.75 Å². The summed E-state index contributed by atoms with van der Waals surface area (Å²) in [6, 6.07) is 5.33. The van der Waals surface area contributed by atoms with Crippen molar-refractivity contribution >= 4 is 28.8 Å². The molecular weight excluding hydrogens is 308 g/mol. The maximum atomic E-state index is 12.0. The molecule has 1 heterocycles. The Kier molecular flexibility index (Phi) is 5.20. The molecule has 1 aromatic heterocycles. The Balaban J connectivity index is 1.88. The highest BCUT2D eigenvalue weighted by Gasteiger charge is 2.15. The van der Waals surface area contributed by atoms with Crippen LogP contribution in [0.4, 0.5) is 0 Å². The summed E-state index contributed by atoms with van der Waals surface area (Å²) in [7, 11) is 0. The van der Waals surface area contributed by atoms with Crippen LogP contribution in [-0.4, -0.2) is 17.0 Å². The van der Waals surface area contributed by atoms with Gasteiger partial charge in [0.05, 0.1) is 17.2 Å². The van der Waals surface area contributed by atoms with Crippen LogP contribution in [0.3, 0.4) is 0 Å². The third kappa shape index (κ3) is 4.44. The Morgan fingerprint density at radius 2 is 2.24 bits per heavy atom. The van der Waals surface area contributed by atoms with Gasteiger partial charge >= 0.3 is 0 Å². The van der Waals surface area contributed by atoms with Crippen LogP contribution in [0.25, 0.3) is 0 Å². The van der Waals surface area contributed by atoms with Gasteiger partial charge in [-0.2, -0.15) is 0 Å². The molecule has 1 amide bonds. The number of carbonyl (C=O) groups excluding carboxylic acids is 1. The van der Waals surface area contributed by atoms with Crippen molar-refractivity contribution in [2.75, 3.05) is 0 Å². The molecule has 4 nitrogen and oxygen atoms in total. The van der Waals surface area contributed by atoms with Gasteiger partial charge in [0.25, 0.3) is 5.91 Å². The number of benzene rings is 1. The molecule has 1 N–H and O–H groups in total. The Morgan fingerprint density at radius 1 is 1.48 bits per heavy atom. The van der Waals surface area contributed by atoms with Crippen LogP contribution in [0.1, 0.15) is 23.2 Å². The molecule has 1 unspecified atom stereocenters. The standard InChI is InChI=1S/C15H17ClN2O2S/c1-9-6-13(4-5-14(9)16)20-10(2)15(19)17-7-12-8-21-11(3)18-12/h4-6,8,10H,7H2,1-3H3,(H,17,19). The molecule has 2 aromatic rings. The van der Waals surface area contributed by atoms with Crippen LogP contribution in [0.2, 0.25) is 5.02 Å². The van der Waals surface area contributed by atoms with E-state index in [0.29, 0.717) is 17.3 Å². The van der Waals surface area contributed by atoms with Gasteiger partial charge in [-0.1, -0.05) is 11.6 Å². The highest BCUT2D eigenvalue weighted by molar-refractivity contribution is 7.09. The number of nitrogens with one attached hydrogen (secondary N) is 1. The zero-order valence-electron chi connectivity index (χ0n) is 12.1. The summed E-state index contributed by atoms with van der Waals surface area (Å²) in [5.74, 6) is 0.456. The van der Waals surface area contributed by atoms with E-state index in [0.717, 1.165) is 16.3 Å². The fourth-order valence-electron chi connectivity index (χ4n) is 1.76. The van der Waals surface area contributed by atoms with E-state index < -0.39 is 6.10 Å². The summed E-state index contributed by atoms with van der Waals surface area (Å²) in [5, 5.41) is 6.41. The molecule has 0 aliphatic carbocycles. The Morgan fingerprint density at radius 3 is 2.86 bits per heavy atom. The number of amides is 1. The van der Waals surface area contributed by atoms with E-state index in [1.807, 2.05) is 25.3 Å². The number of hydrogen-bond acceptors (Lipinski definition) is 4. The maximum Gasteiger partial charge on any atom is 0.261 e. The summed E-state index contributed by atoms with van der Waals surface area (Å²) in [5.41, 5.74) is 1.78. The molecule has 1 atom stereocenters. The molecule has 112 valence electrons. The Bertz CT molecular complexity index is 642. The predicted octanol–water partition coefficient (Wildman–Crippen LogP) is 3.50. The highest BCUT2D eigenvalue weighted by Crippen LogP contribution is 2.21. The van der Waals surface area contributed by atoms with Gasteiger partial charge in [0.15, 0.2) is 6.10 Å². The number of aromatic nitrogens is 1. The quantitative estimate of drug-likeness (QED) is 0.915. The van der Waals surface area contributed by atoms with Crippen LogP contribution >= 0.6 is 22.9 Å². The fraction of sp³-hybridized carbons (Fsp3) is 0.333. The highest BCUT2D eigenvalue weighted by atomic mass is 35.5. The summed E-state index contributed by atoms with van der Waals surface area (Å²) in [6.07, 6.45) is -0.578. The van der Waals surface area contributed by atoms with Gasteiger partial charge in [-0.3, -0.25) is 4.79 Å². The molecule has 6 heteroatoms. The number of aryl methyl sites for hydroxylation is 2. The van der Waals surface area contributed by atoms with Gasteiger partial charge in [-0.15, -0.1) is 11.3 Å². The predicted molar refractivity (Wildman–Crippen MR) is 85.0 cm³/mol. The average molecular weight is 325 g/mol. The van der Waals surface area contributed by atoms with Gasteiger partial charge in [-0.05, 0) is 44.5 Å². The lowest BCUT2D eigenvalue weighted by molar-refractivity contribution is -0.127. The van der Waals surface area contributed by atoms with Crippen molar-refractivity contribution in [1.82, 2.24) is 10.3 Å². The van der Waals surface area contributed by atoms with Crippen LogP contribution in [0.15, 0.2) is 23.6 Å². The first-order valence-electron chi connectivity index (χ1n) is 6.57. The van der Waals surface area contributed by atoms with Crippen molar-refractivity contribution < 1.29 is 9.53 Å². The van der Waals surface area contributed by atoms with E-state index in [4.69, 9.17) is 16.3 Å². The monoisotopic (exact) mass is 324 g/mol. The minimum Gasteiger partial charge on any atom is -0.481 e. The molecule has 0 bridgehead atoms. The van der Waals surface area contributed by atoms with E-state index in [1.54, 1.807) is 30.4 Å². The number of thiazole rings is 1. The Hall–Kier alpha value is -1.59. The third-order valence-electron chi connectivity index (χ3n) is 2.92. The zero-order chi connectivity index (χ0) is 15.4. The molecule has 0 aliphatic rings. The van der Waals surface area contributed by atoms with Crippen LogP contribution in [0, 0.1) is 13.8 Å². The molecule has 1 aromatic carbocycles. The number of ether oxygens (including phenoxy) is 1. The van der Waals surface area contributed by atoms with Crippen molar-refractivity contribution in [2.24, 2.45) is 0 Å². The summed E-state index contributed by atoms with van der Waals surface area (Å²) >= 11 is 7.52. The van der Waals surface area contributed by atoms with E-state index in [-0.39, 0.29) is 5.91 Å². The minimum absolute atomic E-state index is 0.173. The molecule has 0 saturated heterocycles. The lowest BCUT2D eigenvalue weighted by Crippen LogP contribution is -2.36. The second-order valence-corrected chi connectivity index (χ2v) is 6.22. The first kappa shape index (κ1) is 15.8. The third-order valence-corrected chi connectivity index (χ3v) is 4.17. The molecule has 0 aliphatic heterocycles. The molecule has 0 radical (unpaired) electrons. The number of hydrogen-bond donors (Lipinski definition) is 1. The molecule has 0 spiro atoms. The van der Waals surface area contributed by atoms with Gasteiger partial charge in [-0.25, -0.2) is 4.98 Å². The van der Waals surface area contributed by atoms with Crippen LogP contribution in [-0.2, 0) is 11.3 Å². The normalized spacial score (nSPS) is 12.0. The van der Waals surface area contributed by atoms with E-state index in [2.05, 4.69) is 10.3 Å². The fourth-order valence-corrected chi connectivity index (χ4v) is 2.49. The van der Waals surface area contributed by atoms with Gasteiger partial charge in [0.1, 0.15) is 5.75 Å². The van der Waals surface area contributed by atoms with Crippen molar-refractivity contribution in [3.8, 4) is 5.75 Å². The number of nitrogens with zero attached hydrogens (tertiary/aromatic N) is 1. The lowest BCUT2D eigenvalue weighted by atomic mass is 10.2.